The zero-order chi connectivity index (χ0) is 13.7. The van der Waals surface area contributed by atoms with E-state index in [-0.39, 0.29) is 11.4 Å². The smallest absolute Gasteiger partial charge is 0.254 e. The number of halogens is 1. The largest absolute Gasteiger partial charge is 0.346 e. The van der Waals surface area contributed by atoms with E-state index in [1.165, 1.54) is 38.5 Å². The lowest BCUT2D eigenvalue weighted by Gasteiger charge is -2.56. The molecule has 0 unspecified atom stereocenters. The van der Waals surface area contributed by atoms with Gasteiger partial charge in [0.25, 0.3) is 5.91 Å². The molecule has 0 atom stereocenters. The van der Waals surface area contributed by atoms with Crippen LogP contribution in [0.5, 0.6) is 0 Å². The third-order valence-corrected chi connectivity index (χ3v) is 6.05. The lowest BCUT2D eigenvalue weighted by Crippen LogP contribution is -2.59. The molecule has 0 saturated heterocycles. The summed E-state index contributed by atoms with van der Waals surface area (Å²) in [4.78, 5) is 16.7. The number of carbonyl (C=O) groups is 1. The Kier molecular flexibility index (Phi) is 2.92. The number of aromatic nitrogens is 1. The van der Waals surface area contributed by atoms with Crippen LogP contribution in [-0.4, -0.2) is 16.4 Å². The molecule has 1 heterocycles. The average Bonchev–Trinajstić information content (AvgIpc) is 2.36. The van der Waals surface area contributed by atoms with Gasteiger partial charge in [-0.1, -0.05) is 0 Å². The van der Waals surface area contributed by atoms with Gasteiger partial charge in [-0.05, 0) is 84.3 Å². The molecule has 4 aliphatic rings. The Balaban J connectivity index is 1.57. The Hall–Kier alpha value is -0.900. The Labute approximate surface area is 127 Å². The quantitative estimate of drug-likeness (QED) is 0.840. The monoisotopic (exact) mass is 334 g/mol. The van der Waals surface area contributed by atoms with Gasteiger partial charge in [0.05, 0.1) is 5.56 Å². The summed E-state index contributed by atoms with van der Waals surface area (Å²) in [6, 6.07) is 3.66. The summed E-state index contributed by atoms with van der Waals surface area (Å²) in [7, 11) is 0. The van der Waals surface area contributed by atoms with Gasteiger partial charge in [-0.25, -0.2) is 4.98 Å². The van der Waals surface area contributed by atoms with E-state index < -0.39 is 0 Å². The lowest BCUT2D eigenvalue weighted by molar-refractivity contribution is -0.0167. The van der Waals surface area contributed by atoms with E-state index in [0.717, 1.165) is 17.8 Å². The number of hydrogen-bond donors (Lipinski definition) is 1. The second-order valence-corrected chi connectivity index (χ2v) is 7.74. The highest BCUT2D eigenvalue weighted by Crippen LogP contribution is 2.55. The van der Waals surface area contributed by atoms with E-state index in [1.807, 2.05) is 12.1 Å². The van der Waals surface area contributed by atoms with Gasteiger partial charge in [0.15, 0.2) is 0 Å². The van der Waals surface area contributed by atoms with Crippen LogP contribution < -0.4 is 5.32 Å². The molecule has 0 aliphatic heterocycles. The van der Waals surface area contributed by atoms with Crippen molar-refractivity contribution in [2.75, 3.05) is 0 Å². The molecule has 4 saturated carbocycles. The number of hydrogen-bond acceptors (Lipinski definition) is 2. The van der Waals surface area contributed by atoms with Crippen LogP contribution in [0.25, 0.3) is 0 Å². The van der Waals surface area contributed by atoms with Crippen molar-refractivity contribution in [3.63, 3.8) is 0 Å². The first kappa shape index (κ1) is 12.8. The maximum atomic E-state index is 12.6. The van der Waals surface area contributed by atoms with Crippen molar-refractivity contribution >= 4 is 21.8 Å². The second kappa shape index (κ2) is 4.55. The fourth-order valence-electron chi connectivity index (χ4n) is 5.13. The minimum Gasteiger partial charge on any atom is -0.346 e. The summed E-state index contributed by atoms with van der Waals surface area (Å²) in [6.07, 6.45) is 9.43. The van der Waals surface area contributed by atoms with Crippen LogP contribution in [0.15, 0.2) is 22.9 Å². The molecule has 4 fully saturated rings. The molecule has 1 aromatic heterocycles. The van der Waals surface area contributed by atoms with Crippen LogP contribution in [0.4, 0.5) is 0 Å². The van der Waals surface area contributed by atoms with E-state index in [1.54, 1.807) is 6.20 Å². The van der Waals surface area contributed by atoms with Gasteiger partial charge >= 0.3 is 0 Å². The standard InChI is InChI=1S/C16H19BrN2O/c17-14-13(2-1-3-18-14)15(20)19-16-7-10-4-11(8-16)6-12(5-10)9-16/h1-3,10-12H,4-9H2,(H,19,20). The van der Waals surface area contributed by atoms with Crippen molar-refractivity contribution in [3.8, 4) is 0 Å². The fourth-order valence-corrected chi connectivity index (χ4v) is 5.56. The zero-order valence-electron chi connectivity index (χ0n) is 11.4. The van der Waals surface area contributed by atoms with Crippen LogP contribution in [0, 0.1) is 17.8 Å². The van der Waals surface area contributed by atoms with Crippen LogP contribution in [0.3, 0.4) is 0 Å². The maximum Gasteiger partial charge on any atom is 0.254 e. The molecular formula is C16H19BrN2O. The first-order valence-corrected chi connectivity index (χ1v) is 8.36. The third-order valence-electron chi connectivity index (χ3n) is 5.42. The molecule has 3 nitrogen and oxygen atoms in total. The Bertz CT molecular complexity index is 522. The Morgan fingerprint density at radius 3 is 2.35 bits per heavy atom. The molecule has 1 N–H and O–H groups in total. The molecule has 1 amide bonds. The summed E-state index contributed by atoms with van der Waals surface area (Å²) in [5, 5.41) is 3.37. The van der Waals surface area contributed by atoms with Crippen molar-refractivity contribution in [1.29, 1.82) is 0 Å². The highest BCUT2D eigenvalue weighted by atomic mass is 79.9. The SMILES string of the molecule is O=C(NC12CC3CC(CC(C3)C1)C2)c1cccnc1Br. The third kappa shape index (κ3) is 2.09. The zero-order valence-corrected chi connectivity index (χ0v) is 13.0. The molecule has 5 rings (SSSR count). The van der Waals surface area contributed by atoms with Gasteiger partial charge in [-0.15, -0.1) is 0 Å². The van der Waals surface area contributed by atoms with Gasteiger partial charge in [-0.2, -0.15) is 0 Å². The lowest BCUT2D eigenvalue weighted by atomic mass is 9.53. The Morgan fingerprint density at radius 1 is 1.20 bits per heavy atom. The van der Waals surface area contributed by atoms with Gasteiger partial charge in [-0.3, -0.25) is 4.79 Å². The van der Waals surface area contributed by atoms with Crippen molar-refractivity contribution in [2.45, 2.75) is 44.1 Å². The minimum absolute atomic E-state index is 0.0342. The van der Waals surface area contributed by atoms with Crippen molar-refractivity contribution in [2.24, 2.45) is 17.8 Å². The van der Waals surface area contributed by atoms with Gasteiger partial charge in [0, 0.05) is 11.7 Å². The number of pyridine rings is 1. The normalized spacial score (nSPS) is 38.0. The molecular weight excluding hydrogens is 316 g/mol. The highest BCUT2D eigenvalue weighted by molar-refractivity contribution is 9.10. The molecule has 0 aromatic carbocycles. The predicted octanol–water partition coefficient (Wildman–Crippen LogP) is 3.54. The van der Waals surface area contributed by atoms with E-state index in [0.29, 0.717) is 10.2 Å². The number of nitrogens with one attached hydrogen (secondary N) is 1. The first-order chi connectivity index (χ1) is 9.63. The molecule has 20 heavy (non-hydrogen) atoms. The molecule has 106 valence electrons. The van der Waals surface area contributed by atoms with Crippen LogP contribution in [0.2, 0.25) is 0 Å². The van der Waals surface area contributed by atoms with Crippen LogP contribution in [-0.2, 0) is 0 Å². The predicted molar refractivity (Wildman–Crippen MR) is 80.3 cm³/mol. The average molecular weight is 335 g/mol. The first-order valence-electron chi connectivity index (χ1n) is 7.57. The van der Waals surface area contributed by atoms with Crippen LogP contribution >= 0.6 is 15.9 Å². The molecule has 4 aliphatic carbocycles. The topological polar surface area (TPSA) is 42.0 Å². The number of nitrogens with zero attached hydrogens (tertiary/aromatic N) is 1. The molecule has 4 bridgehead atoms. The van der Waals surface area contributed by atoms with Gasteiger partial charge in [0.2, 0.25) is 0 Å². The van der Waals surface area contributed by atoms with Gasteiger partial charge < -0.3 is 5.32 Å². The van der Waals surface area contributed by atoms with Crippen molar-refractivity contribution in [3.05, 3.63) is 28.5 Å². The Morgan fingerprint density at radius 2 is 1.80 bits per heavy atom. The molecule has 4 heteroatoms. The van der Waals surface area contributed by atoms with E-state index in [4.69, 9.17) is 0 Å². The second-order valence-electron chi connectivity index (χ2n) is 6.99. The van der Waals surface area contributed by atoms with Crippen molar-refractivity contribution < 1.29 is 4.79 Å². The fraction of sp³-hybridized carbons (Fsp3) is 0.625. The van der Waals surface area contributed by atoms with Crippen LogP contribution in [0.1, 0.15) is 48.9 Å². The summed E-state index contributed by atoms with van der Waals surface area (Å²) in [5.41, 5.74) is 0.726. The van der Waals surface area contributed by atoms with Gasteiger partial charge in [0.1, 0.15) is 4.60 Å². The summed E-state index contributed by atoms with van der Waals surface area (Å²) in [5.74, 6) is 2.57. The van der Waals surface area contributed by atoms with E-state index in [2.05, 4.69) is 26.2 Å². The number of rotatable bonds is 2. The summed E-state index contributed by atoms with van der Waals surface area (Å²) >= 11 is 3.38. The maximum absolute atomic E-state index is 12.6. The van der Waals surface area contributed by atoms with Crippen molar-refractivity contribution in [1.82, 2.24) is 10.3 Å². The number of amides is 1. The minimum atomic E-state index is 0.0342. The number of carbonyl (C=O) groups excluding carboxylic acids is 1. The van der Waals surface area contributed by atoms with E-state index in [9.17, 15) is 4.79 Å². The highest BCUT2D eigenvalue weighted by Gasteiger charge is 2.51. The molecule has 1 aromatic rings. The summed E-state index contributed by atoms with van der Waals surface area (Å²) < 4.78 is 0.641. The van der Waals surface area contributed by atoms with E-state index >= 15 is 0 Å². The molecule has 0 radical (unpaired) electrons. The molecule has 0 spiro atoms. The summed E-state index contributed by atoms with van der Waals surface area (Å²) in [6.45, 7) is 0.